The molecule has 0 fully saturated rings. The molecule has 0 aliphatic carbocycles. The normalized spacial score (nSPS) is 12.8. The molecule has 0 bridgehead atoms. The fourth-order valence-corrected chi connectivity index (χ4v) is 2.35. The van der Waals surface area contributed by atoms with Crippen LogP contribution in [0.3, 0.4) is 0 Å². The van der Waals surface area contributed by atoms with Crippen LogP contribution in [0.1, 0.15) is 84.5 Å². The minimum Gasteiger partial charge on any atom is -0.380 e. The molecule has 0 saturated heterocycles. The Bertz CT molecular complexity index is 165. The topological polar surface area (TPSA) is 47.3 Å². The second-order valence-electron chi connectivity index (χ2n) is 5.49. The van der Waals surface area contributed by atoms with Gasteiger partial charge in [-0.25, -0.2) is 0 Å². The van der Waals surface area contributed by atoms with Gasteiger partial charge in [0.2, 0.25) is 0 Å². The van der Waals surface area contributed by atoms with Gasteiger partial charge in [0.05, 0.1) is 6.61 Å². The quantitative estimate of drug-likeness (QED) is 0.267. The molecule has 1 unspecified atom stereocenters. The minimum atomic E-state index is 0.328. The van der Waals surface area contributed by atoms with Gasteiger partial charge < -0.3 is 4.74 Å². The van der Waals surface area contributed by atoms with Gasteiger partial charge >= 0.3 is 0 Å². The molecule has 0 amide bonds. The molecule has 3 heteroatoms. The Kier molecular flexibility index (Phi) is 15.8. The third kappa shape index (κ3) is 14.1. The number of nitrogens with one attached hydrogen (secondary N) is 1. The highest BCUT2D eigenvalue weighted by Gasteiger charge is 2.05. The van der Waals surface area contributed by atoms with E-state index in [1.807, 2.05) is 6.92 Å². The van der Waals surface area contributed by atoms with E-state index >= 15 is 0 Å². The van der Waals surface area contributed by atoms with Crippen molar-refractivity contribution in [2.45, 2.75) is 90.5 Å². The lowest BCUT2D eigenvalue weighted by molar-refractivity contribution is 0.119. The standard InChI is InChI=1S/C16H36N2O/c1-3-5-6-7-8-9-10-11-12-13-14-16(18-17)15-19-4-2/h16,18H,3-15,17H2,1-2H3. The van der Waals surface area contributed by atoms with Gasteiger partial charge in [0, 0.05) is 12.6 Å². The smallest absolute Gasteiger partial charge is 0.0632 e. The summed E-state index contributed by atoms with van der Waals surface area (Å²) in [7, 11) is 0. The van der Waals surface area contributed by atoms with Crippen LogP contribution in [0.5, 0.6) is 0 Å². The Balaban J connectivity index is 3.16. The van der Waals surface area contributed by atoms with E-state index < -0.39 is 0 Å². The van der Waals surface area contributed by atoms with Gasteiger partial charge in [-0.2, -0.15) is 0 Å². The van der Waals surface area contributed by atoms with Crippen molar-refractivity contribution >= 4 is 0 Å². The van der Waals surface area contributed by atoms with E-state index in [2.05, 4.69) is 12.3 Å². The number of nitrogens with two attached hydrogens (primary N) is 1. The van der Waals surface area contributed by atoms with Crippen molar-refractivity contribution in [3.63, 3.8) is 0 Å². The molecule has 19 heavy (non-hydrogen) atoms. The molecule has 0 rings (SSSR count). The SMILES string of the molecule is CCCCCCCCCCCCC(COCC)NN. The lowest BCUT2D eigenvalue weighted by Crippen LogP contribution is -2.38. The van der Waals surface area contributed by atoms with Gasteiger partial charge in [-0.05, 0) is 13.3 Å². The Morgan fingerprint density at radius 2 is 1.37 bits per heavy atom. The van der Waals surface area contributed by atoms with Crippen LogP contribution in [0, 0.1) is 0 Å². The summed E-state index contributed by atoms with van der Waals surface area (Å²) >= 11 is 0. The van der Waals surface area contributed by atoms with Crippen molar-refractivity contribution in [1.29, 1.82) is 0 Å². The molecule has 0 radical (unpaired) electrons. The van der Waals surface area contributed by atoms with Gasteiger partial charge in [0.15, 0.2) is 0 Å². The van der Waals surface area contributed by atoms with Gasteiger partial charge in [0.25, 0.3) is 0 Å². The molecule has 0 heterocycles. The van der Waals surface area contributed by atoms with Crippen molar-refractivity contribution in [2.24, 2.45) is 5.84 Å². The van der Waals surface area contributed by atoms with Crippen LogP contribution in [-0.2, 0) is 4.74 Å². The Hall–Kier alpha value is -0.120. The average Bonchev–Trinajstić information content (AvgIpc) is 2.44. The Morgan fingerprint density at radius 1 is 0.842 bits per heavy atom. The van der Waals surface area contributed by atoms with Crippen LogP contribution in [-0.4, -0.2) is 19.3 Å². The fraction of sp³-hybridized carbons (Fsp3) is 1.00. The lowest BCUT2D eigenvalue weighted by atomic mass is 10.0. The molecule has 0 aromatic rings. The highest BCUT2D eigenvalue weighted by molar-refractivity contribution is 4.62. The molecule has 0 aliphatic heterocycles. The number of ether oxygens (including phenoxy) is 1. The first kappa shape index (κ1) is 18.9. The van der Waals surface area contributed by atoms with Crippen LogP contribution in [0.4, 0.5) is 0 Å². The van der Waals surface area contributed by atoms with Crippen molar-refractivity contribution in [3.8, 4) is 0 Å². The number of hydrogen-bond acceptors (Lipinski definition) is 3. The molecule has 0 aromatic heterocycles. The molecule has 3 N–H and O–H groups in total. The zero-order chi connectivity index (χ0) is 14.2. The van der Waals surface area contributed by atoms with Crippen molar-refractivity contribution < 1.29 is 4.74 Å². The van der Waals surface area contributed by atoms with E-state index in [1.165, 1.54) is 64.2 Å². The van der Waals surface area contributed by atoms with E-state index in [9.17, 15) is 0 Å². The molecule has 1 atom stereocenters. The summed E-state index contributed by atoms with van der Waals surface area (Å²) in [5, 5.41) is 0. The van der Waals surface area contributed by atoms with Gasteiger partial charge in [-0.15, -0.1) is 0 Å². The first-order valence-corrected chi connectivity index (χ1v) is 8.39. The van der Waals surface area contributed by atoms with E-state index in [0.717, 1.165) is 19.6 Å². The van der Waals surface area contributed by atoms with Crippen molar-refractivity contribution in [3.05, 3.63) is 0 Å². The molecular formula is C16H36N2O. The average molecular weight is 272 g/mol. The summed E-state index contributed by atoms with van der Waals surface area (Å²) in [5.74, 6) is 5.50. The second-order valence-corrected chi connectivity index (χ2v) is 5.49. The monoisotopic (exact) mass is 272 g/mol. The van der Waals surface area contributed by atoms with Crippen LogP contribution in [0.25, 0.3) is 0 Å². The van der Waals surface area contributed by atoms with Gasteiger partial charge in [0.1, 0.15) is 0 Å². The minimum absolute atomic E-state index is 0.328. The summed E-state index contributed by atoms with van der Waals surface area (Å²) in [6, 6.07) is 0.328. The van der Waals surface area contributed by atoms with E-state index in [-0.39, 0.29) is 0 Å². The molecule has 0 spiro atoms. The Morgan fingerprint density at radius 3 is 1.84 bits per heavy atom. The van der Waals surface area contributed by atoms with Crippen molar-refractivity contribution in [1.82, 2.24) is 5.43 Å². The molecule has 0 saturated carbocycles. The Labute approximate surface area is 120 Å². The van der Waals surface area contributed by atoms with E-state index in [1.54, 1.807) is 0 Å². The van der Waals surface area contributed by atoms with Gasteiger partial charge in [-0.3, -0.25) is 11.3 Å². The summed E-state index contributed by atoms with van der Waals surface area (Å²) in [6.07, 6.45) is 15.0. The van der Waals surface area contributed by atoms with Crippen LogP contribution < -0.4 is 11.3 Å². The molecule has 0 aromatic carbocycles. The highest BCUT2D eigenvalue weighted by atomic mass is 16.5. The lowest BCUT2D eigenvalue weighted by Gasteiger charge is -2.15. The summed E-state index contributed by atoms with van der Waals surface area (Å²) < 4.78 is 5.39. The van der Waals surface area contributed by atoms with Crippen LogP contribution >= 0.6 is 0 Å². The number of hydrogen-bond donors (Lipinski definition) is 2. The highest BCUT2D eigenvalue weighted by Crippen LogP contribution is 2.11. The molecular weight excluding hydrogens is 236 g/mol. The van der Waals surface area contributed by atoms with Crippen LogP contribution in [0.15, 0.2) is 0 Å². The molecule has 0 aliphatic rings. The third-order valence-electron chi connectivity index (χ3n) is 3.67. The predicted molar refractivity (Wildman–Crippen MR) is 84.1 cm³/mol. The first-order valence-electron chi connectivity index (χ1n) is 8.39. The van der Waals surface area contributed by atoms with Crippen LogP contribution in [0.2, 0.25) is 0 Å². The number of hydrazine groups is 1. The van der Waals surface area contributed by atoms with E-state index in [4.69, 9.17) is 10.6 Å². The first-order chi connectivity index (χ1) is 9.35. The maximum atomic E-state index is 5.50. The number of unbranched alkanes of at least 4 members (excludes halogenated alkanes) is 9. The molecule has 116 valence electrons. The fourth-order valence-electron chi connectivity index (χ4n) is 2.35. The predicted octanol–water partition coefficient (Wildman–Crippen LogP) is 4.17. The second kappa shape index (κ2) is 15.9. The maximum Gasteiger partial charge on any atom is 0.0632 e. The zero-order valence-electron chi connectivity index (χ0n) is 13.3. The molecule has 3 nitrogen and oxygen atoms in total. The largest absolute Gasteiger partial charge is 0.380 e. The summed E-state index contributed by atoms with van der Waals surface area (Å²) in [4.78, 5) is 0. The summed E-state index contributed by atoms with van der Waals surface area (Å²) in [5.41, 5.74) is 2.84. The summed E-state index contributed by atoms with van der Waals surface area (Å²) in [6.45, 7) is 5.81. The van der Waals surface area contributed by atoms with Crippen molar-refractivity contribution in [2.75, 3.05) is 13.2 Å². The number of rotatable bonds is 15. The maximum absolute atomic E-state index is 5.50. The third-order valence-corrected chi connectivity index (χ3v) is 3.67. The zero-order valence-corrected chi connectivity index (χ0v) is 13.3. The van der Waals surface area contributed by atoms with E-state index in [0.29, 0.717) is 6.04 Å². The van der Waals surface area contributed by atoms with Gasteiger partial charge in [-0.1, -0.05) is 71.1 Å².